The molecule has 0 radical (unpaired) electrons. The second-order valence-corrected chi connectivity index (χ2v) is 6.06. The molecule has 0 saturated carbocycles. The number of anilines is 1. The van der Waals surface area contributed by atoms with E-state index in [2.05, 4.69) is 10.6 Å². The average Bonchev–Trinajstić information content (AvgIpc) is 2.69. The highest BCUT2D eigenvalue weighted by atomic mass is 19.4. The van der Waals surface area contributed by atoms with E-state index in [0.29, 0.717) is 25.5 Å². The number of hydrogen-bond acceptors (Lipinski definition) is 2. The first-order valence-corrected chi connectivity index (χ1v) is 8.45. The minimum Gasteiger partial charge on any atom is -0.355 e. The van der Waals surface area contributed by atoms with Crippen molar-refractivity contribution in [3.63, 3.8) is 0 Å². The molecular weight excluding hydrogens is 402 g/mol. The summed E-state index contributed by atoms with van der Waals surface area (Å²) in [6, 6.07) is 7.97. The van der Waals surface area contributed by atoms with Gasteiger partial charge in [0.1, 0.15) is 5.92 Å². The minimum absolute atomic E-state index is 0.336. The number of amides is 2. The van der Waals surface area contributed by atoms with Crippen LogP contribution < -0.4 is 10.6 Å². The fraction of sp³-hybridized carbons (Fsp3) is 0.263. The van der Waals surface area contributed by atoms with E-state index in [9.17, 15) is 35.9 Å². The van der Waals surface area contributed by atoms with Gasteiger partial charge in [-0.25, -0.2) is 13.2 Å². The Morgan fingerprint density at radius 1 is 1.00 bits per heavy atom. The standard InChI is InChI=1S/C12H11F3N2O2.C7H5F3/c13-7-3-4-8(10(15)9(7)14)17-12(19)6-2-1-5-16-11(6)18;8-7(9,10)6-4-2-1-3-5-6/h3-4,6H,1-2,5H2,(H,16,18)(H,17,19);1-5H. The molecular formula is C19H16F6N2O2. The third-order valence-electron chi connectivity index (χ3n) is 4.00. The van der Waals surface area contributed by atoms with E-state index < -0.39 is 52.6 Å². The van der Waals surface area contributed by atoms with Crippen LogP contribution in [-0.4, -0.2) is 18.4 Å². The van der Waals surface area contributed by atoms with Gasteiger partial charge in [-0.1, -0.05) is 30.3 Å². The molecule has 0 spiro atoms. The Labute approximate surface area is 161 Å². The number of piperidine rings is 1. The Kier molecular flexibility index (Phi) is 7.24. The summed E-state index contributed by atoms with van der Waals surface area (Å²) < 4.78 is 74.4. The summed E-state index contributed by atoms with van der Waals surface area (Å²) in [6.07, 6.45) is -3.24. The molecule has 1 heterocycles. The van der Waals surface area contributed by atoms with Crippen molar-refractivity contribution < 1.29 is 35.9 Å². The van der Waals surface area contributed by atoms with Crippen LogP contribution in [0.15, 0.2) is 42.5 Å². The lowest BCUT2D eigenvalue weighted by Gasteiger charge is -2.21. The Bertz CT molecular complexity index is 871. The lowest BCUT2D eigenvalue weighted by molar-refractivity contribution is -0.137. The van der Waals surface area contributed by atoms with E-state index in [1.54, 1.807) is 6.07 Å². The van der Waals surface area contributed by atoms with E-state index in [-0.39, 0.29) is 0 Å². The summed E-state index contributed by atoms with van der Waals surface area (Å²) in [6.45, 7) is 0.488. The molecule has 10 heteroatoms. The first-order chi connectivity index (χ1) is 13.6. The summed E-state index contributed by atoms with van der Waals surface area (Å²) in [5, 5.41) is 4.60. The molecule has 156 valence electrons. The Balaban J connectivity index is 0.000000253. The van der Waals surface area contributed by atoms with Gasteiger partial charge < -0.3 is 10.6 Å². The van der Waals surface area contributed by atoms with Crippen LogP contribution in [-0.2, 0) is 15.8 Å². The zero-order valence-corrected chi connectivity index (χ0v) is 14.8. The summed E-state index contributed by atoms with van der Waals surface area (Å²) >= 11 is 0. The molecule has 2 N–H and O–H groups in total. The Morgan fingerprint density at radius 2 is 1.66 bits per heavy atom. The predicted octanol–water partition coefficient (Wildman–Crippen LogP) is 4.27. The van der Waals surface area contributed by atoms with Crippen molar-refractivity contribution in [2.24, 2.45) is 5.92 Å². The summed E-state index contributed by atoms with van der Waals surface area (Å²) in [5.41, 5.74) is -1.09. The zero-order chi connectivity index (χ0) is 21.6. The molecule has 4 nitrogen and oxygen atoms in total. The molecule has 1 unspecified atom stereocenters. The van der Waals surface area contributed by atoms with Crippen LogP contribution in [0.3, 0.4) is 0 Å². The number of carbonyl (C=O) groups is 2. The highest BCUT2D eigenvalue weighted by molar-refractivity contribution is 6.06. The molecule has 3 rings (SSSR count). The second kappa shape index (κ2) is 9.44. The third-order valence-corrected chi connectivity index (χ3v) is 4.00. The largest absolute Gasteiger partial charge is 0.416 e. The molecule has 2 aromatic carbocycles. The molecule has 1 aliphatic heterocycles. The molecule has 2 amide bonds. The van der Waals surface area contributed by atoms with E-state index in [0.717, 1.165) is 18.2 Å². The smallest absolute Gasteiger partial charge is 0.355 e. The van der Waals surface area contributed by atoms with Crippen LogP contribution in [0.5, 0.6) is 0 Å². The highest BCUT2D eigenvalue weighted by Gasteiger charge is 2.30. The average molecular weight is 418 g/mol. The van der Waals surface area contributed by atoms with Crippen molar-refractivity contribution in [2.75, 3.05) is 11.9 Å². The van der Waals surface area contributed by atoms with Gasteiger partial charge in [-0.2, -0.15) is 13.2 Å². The van der Waals surface area contributed by atoms with Crippen molar-refractivity contribution >= 4 is 17.5 Å². The van der Waals surface area contributed by atoms with Gasteiger partial charge in [-0.15, -0.1) is 0 Å². The number of halogens is 6. The van der Waals surface area contributed by atoms with Crippen molar-refractivity contribution in [1.82, 2.24) is 5.32 Å². The maximum Gasteiger partial charge on any atom is 0.416 e. The van der Waals surface area contributed by atoms with E-state index >= 15 is 0 Å². The van der Waals surface area contributed by atoms with Crippen LogP contribution in [0.4, 0.5) is 32.0 Å². The zero-order valence-electron chi connectivity index (χ0n) is 14.8. The van der Waals surface area contributed by atoms with Crippen LogP contribution >= 0.6 is 0 Å². The van der Waals surface area contributed by atoms with Crippen LogP contribution in [0.25, 0.3) is 0 Å². The third kappa shape index (κ3) is 5.97. The van der Waals surface area contributed by atoms with Crippen molar-refractivity contribution in [1.29, 1.82) is 0 Å². The number of rotatable bonds is 2. The lowest BCUT2D eigenvalue weighted by atomic mass is 9.97. The molecule has 0 aliphatic carbocycles. The van der Waals surface area contributed by atoms with Crippen molar-refractivity contribution in [2.45, 2.75) is 19.0 Å². The van der Waals surface area contributed by atoms with Gasteiger partial charge in [-0.3, -0.25) is 9.59 Å². The topological polar surface area (TPSA) is 58.2 Å². The predicted molar refractivity (Wildman–Crippen MR) is 92.1 cm³/mol. The summed E-state index contributed by atoms with van der Waals surface area (Å²) in [7, 11) is 0. The van der Waals surface area contributed by atoms with Crippen molar-refractivity contribution in [3.8, 4) is 0 Å². The fourth-order valence-corrected chi connectivity index (χ4v) is 2.49. The van der Waals surface area contributed by atoms with Gasteiger partial charge in [0.15, 0.2) is 17.5 Å². The Hall–Kier alpha value is -3.04. The van der Waals surface area contributed by atoms with Gasteiger partial charge >= 0.3 is 6.18 Å². The number of hydrogen-bond donors (Lipinski definition) is 2. The van der Waals surface area contributed by atoms with Crippen LogP contribution in [0.1, 0.15) is 18.4 Å². The minimum atomic E-state index is -4.21. The first-order valence-electron chi connectivity index (χ1n) is 8.45. The van der Waals surface area contributed by atoms with Crippen LogP contribution in [0, 0.1) is 23.4 Å². The summed E-state index contributed by atoms with van der Waals surface area (Å²) in [5.74, 6) is -6.61. The molecule has 1 atom stereocenters. The molecule has 29 heavy (non-hydrogen) atoms. The second-order valence-electron chi connectivity index (χ2n) is 6.06. The van der Waals surface area contributed by atoms with E-state index in [4.69, 9.17) is 0 Å². The fourth-order valence-electron chi connectivity index (χ4n) is 2.49. The molecule has 2 aromatic rings. The maximum atomic E-state index is 13.4. The van der Waals surface area contributed by atoms with Gasteiger partial charge in [0.25, 0.3) is 0 Å². The first kappa shape index (κ1) is 22.3. The number of nitrogens with one attached hydrogen (secondary N) is 2. The quantitative estimate of drug-likeness (QED) is 0.435. The van der Waals surface area contributed by atoms with Gasteiger partial charge in [0.2, 0.25) is 11.8 Å². The molecule has 1 aliphatic rings. The van der Waals surface area contributed by atoms with E-state index in [1.807, 2.05) is 0 Å². The molecule has 1 saturated heterocycles. The van der Waals surface area contributed by atoms with Gasteiger partial charge in [0.05, 0.1) is 11.3 Å². The van der Waals surface area contributed by atoms with Gasteiger partial charge in [0, 0.05) is 6.54 Å². The molecule has 1 fully saturated rings. The summed E-state index contributed by atoms with van der Waals surface area (Å²) in [4.78, 5) is 23.2. The van der Waals surface area contributed by atoms with Gasteiger partial charge in [-0.05, 0) is 25.0 Å². The number of alkyl halides is 3. The SMILES string of the molecule is FC(F)(F)c1ccccc1.O=C1NCCCC1C(=O)Nc1ccc(F)c(F)c1F. The molecule has 0 aromatic heterocycles. The Morgan fingerprint density at radius 3 is 2.21 bits per heavy atom. The normalized spacial score (nSPS) is 16.3. The van der Waals surface area contributed by atoms with E-state index in [1.165, 1.54) is 12.1 Å². The van der Waals surface area contributed by atoms with Crippen molar-refractivity contribution in [3.05, 3.63) is 65.5 Å². The molecule has 0 bridgehead atoms. The van der Waals surface area contributed by atoms with Crippen LogP contribution in [0.2, 0.25) is 0 Å². The number of carbonyl (C=O) groups excluding carboxylic acids is 2. The highest BCUT2D eigenvalue weighted by Crippen LogP contribution is 2.28. The lowest BCUT2D eigenvalue weighted by Crippen LogP contribution is -2.42. The monoisotopic (exact) mass is 418 g/mol. The maximum absolute atomic E-state index is 13.4. The number of benzene rings is 2.